The molecule has 1 fully saturated rings. The number of sulfonamides is 1. The molecule has 4 aromatic rings. The van der Waals surface area contributed by atoms with Crippen molar-refractivity contribution in [3.05, 3.63) is 70.9 Å². The van der Waals surface area contributed by atoms with E-state index in [-0.39, 0.29) is 11.8 Å². The van der Waals surface area contributed by atoms with Crippen LogP contribution in [0.15, 0.2) is 58.3 Å². The zero-order chi connectivity index (χ0) is 24.6. The van der Waals surface area contributed by atoms with Crippen LogP contribution in [-0.4, -0.2) is 41.7 Å². The van der Waals surface area contributed by atoms with Crippen LogP contribution in [0.4, 0.5) is 5.13 Å². The average molecular weight is 527 g/mol. The number of hydrogen-bond donors (Lipinski definition) is 0. The van der Waals surface area contributed by atoms with Crippen LogP contribution >= 0.6 is 22.7 Å². The molecule has 0 N–H and O–H groups in total. The van der Waals surface area contributed by atoms with Crippen molar-refractivity contribution in [1.29, 1.82) is 0 Å². The van der Waals surface area contributed by atoms with Crippen molar-refractivity contribution in [2.24, 2.45) is 5.92 Å². The molecule has 0 atom stereocenters. The number of benzene rings is 1. The van der Waals surface area contributed by atoms with E-state index in [1.807, 2.05) is 25.1 Å². The Hall–Kier alpha value is -2.66. The SMILES string of the molecule is Cc1ccc(C)c2sc(N(Cc3ccccn3)C(=O)C3CCN(S(=O)(=O)c4cccs4)CC3)nc12. The molecule has 0 bridgehead atoms. The van der Waals surface area contributed by atoms with Crippen LogP contribution in [0, 0.1) is 19.8 Å². The van der Waals surface area contributed by atoms with Crippen LogP contribution < -0.4 is 4.90 Å². The number of carbonyl (C=O) groups excluding carboxylic acids is 1. The van der Waals surface area contributed by atoms with Crippen LogP contribution in [0.2, 0.25) is 0 Å². The molecule has 4 heterocycles. The van der Waals surface area contributed by atoms with Gasteiger partial charge in [0.15, 0.2) is 5.13 Å². The van der Waals surface area contributed by atoms with Crippen molar-refractivity contribution in [2.75, 3.05) is 18.0 Å². The second-order valence-electron chi connectivity index (χ2n) is 8.73. The van der Waals surface area contributed by atoms with Crippen molar-refractivity contribution in [3.63, 3.8) is 0 Å². The van der Waals surface area contributed by atoms with Crippen LogP contribution in [0.3, 0.4) is 0 Å². The van der Waals surface area contributed by atoms with E-state index in [2.05, 4.69) is 24.0 Å². The van der Waals surface area contributed by atoms with E-state index >= 15 is 0 Å². The first-order valence-electron chi connectivity index (χ1n) is 11.5. The van der Waals surface area contributed by atoms with Gasteiger partial charge in [-0.15, -0.1) is 11.3 Å². The number of nitrogens with zero attached hydrogens (tertiary/aromatic N) is 4. The standard InChI is InChI=1S/C25H26N4O3S3/c1-17-8-9-18(2)23-22(17)27-25(34-23)29(16-20-6-3-4-12-26-20)24(30)19-10-13-28(14-11-19)35(31,32)21-7-5-15-33-21/h3-9,12,15,19H,10-11,13-14,16H2,1-2H3. The maximum absolute atomic E-state index is 13.8. The normalized spacial score (nSPS) is 15.5. The molecular weight excluding hydrogens is 501 g/mol. The Morgan fingerprint density at radius 2 is 1.86 bits per heavy atom. The third-order valence-corrected chi connectivity index (χ3v) is 10.9. The lowest BCUT2D eigenvalue weighted by Crippen LogP contribution is -2.44. The molecule has 3 aromatic heterocycles. The summed E-state index contributed by atoms with van der Waals surface area (Å²) < 4.78 is 28.7. The number of anilines is 1. The molecule has 0 unspecified atom stereocenters. The molecule has 1 aromatic carbocycles. The molecule has 182 valence electrons. The summed E-state index contributed by atoms with van der Waals surface area (Å²) in [6.45, 7) is 5.06. The fourth-order valence-corrected chi connectivity index (χ4v) is 8.09. The summed E-state index contributed by atoms with van der Waals surface area (Å²) in [7, 11) is -3.51. The molecule has 0 radical (unpaired) electrons. The highest BCUT2D eigenvalue weighted by molar-refractivity contribution is 7.91. The summed E-state index contributed by atoms with van der Waals surface area (Å²) in [6.07, 6.45) is 2.68. The number of aryl methyl sites for hydroxylation is 2. The first-order valence-corrected chi connectivity index (χ1v) is 14.6. The van der Waals surface area contributed by atoms with Crippen LogP contribution in [0.5, 0.6) is 0 Å². The monoisotopic (exact) mass is 526 g/mol. The van der Waals surface area contributed by atoms with Gasteiger partial charge in [0.1, 0.15) is 4.21 Å². The number of hydrogen-bond acceptors (Lipinski definition) is 7. The second-order valence-corrected chi connectivity index (χ2v) is 12.8. The lowest BCUT2D eigenvalue weighted by Gasteiger charge is -2.32. The number of rotatable bonds is 6. The van der Waals surface area contributed by atoms with Crippen LogP contribution in [0.1, 0.15) is 29.7 Å². The van der Waals surface area contributed by atoms with Gasteiger partial charge in [0.2, 0.25) is 5.91 Å². The minimum atomic E-state index is -3.51. The number of pyridine rings is 1. The summed E-state index contributed by atoms with van der Waals surface area (Å²) in [4.78, 5) is 24.9. The summed E-state index contributed by atoms with van der Waals surface area (Å²) in [5, 5.41) is 2.42. The summed E-state index contributed by atoms with van der Waals surface area (Å²) in [5.74, 6) is -0.305. The van der Waals surface area contributed by atoms with E-state index < -0.39 is 10.0 Å². The molecule has 1 saturated heterocycles. The van der Waals surface area contributed by atoms with E-state index in [0.717, 1.165) is 27.0 Å². The molecule has 0 saturated carbocycles. The van der Waals surface area contributed by atoms with Gasteiger partial charge in [-0.25, -0.2) is 13.4 Å². The maximum atomic E-state index is 13.8. The number of thiazole rings is 1. The lowest BCUT2D eigenvalue weighted by molar-refractivity contribution is -0.123. The smallest absolute Gasteiger partial charge is 0.252 e. The fraction of sp³-hybridized carbons (Fsp3) is 0.320. The molecule has 0 aliphatic carbocycles. The van der Waals surface area contributed by atoms with Crippen molar-refractivity contribution in [3.8, 4) is 0 Å². The van der Waals surface area contributed by atoms with E-state index in [4.69, 9.17) is 4.98 Å². The van der Waals surface area contributed by atoms with Crippen molar-refractivity contribution < 1.29 is 13.2 Å². The molecular formula is C25H26N4O3S3. The summed E-state index contributed by atoms with van der Waals surface area (Å²) in [6, 6.07) is 13.2. The first kappa shape index (κ1) is 24.1. The highest BCUT2D eigenvalue weighted by Gasteiger charge is 2.35. The molecule has 5 rings (SSSR count). The molecule has 35 heavy (non-hydrogen) atoms. The molecule has 1 aliphatic heterocycles. The number of piperidine rings is 1. The van der Waals surface area contributed by atoms with Gasteiger partial charge in [0.25, 0.3) is 10.0 Å². The minimum absolute atomic E-state index is 0.0295. The third kappa shape index (κ3) is 4.75. The zero-order valence-corrected chi connectivity index (χ0v) is 22.0. The number of fused-ring (bicyclic) bond motifs is 1. The predicted octanol–water partition coefficient (Wildman–Crippen LogP) is 5.00. The van der Waals surface area contributed by atoms with Gasteiger partial charge in [-0.2, -0.15) is 4.31 Å². The van der Waals surface area contributed by atoms with E-state index in [0.29, 0.717) is 41.8 Å². The van der Waals surface area contributed by atoms with Crippen molar-refractivity contribution in [1.82, 2.24) is 14.3 Å². The van der Waals surface area contributed by atoms with Gasteiger partial charge in [-0.3, -0.25) is 14.7 Å². The number of thiophene rings is 1. The Morgan fingerprint density at radius 3 is 2.51 bits per heavy atom. The fourth-order valence-electron chi connectivity index (χ4n) is 4.36. The van der Waals surface area contributed by atoms with E-state index in [9.17, 15) is 13.2 Å². The van der Waals surface area contributed by atoms with Crippen LogP contribution in [0.25, 0.3) is 10.2 Å². The van der Waals surface area contributed by atoms with Gasteiger partial charge in [-0.05, 0) is 61.4 Å². The molecule has 0 spiro atoms. The Balaban J connectivity index is 1.41. The van der Waals surface area contributed by atoms with Gasteiger partial charge in [-0.1, -0.05) is 35.6 Å². The molecule has 7 nitrogen and oxygen atoms in total. The Kier molecular flexibility index (Phi) is 6.71. The van der Waals surface area contributed by atoms with E-state index in [1.165, 1.54) is 27.0 Å². The Morgan fingerprint density at radius 1 is 1.09 bits per heavy atom. The number of aromatic nitrogens is 2. The second kappa shape index (κ2) is 9.77. The predicted molar refractivity (Wildman–Crippen MR) is 140 cm³/mol. The quantitative estimate of drug-likeness (QED) is 0.353. The van der Waals surface area contributed by atoms with Gasteiger partial charge >= 0.3 is 0 Å². The number of amides is 1. The van der Waals surface area contributed by atoms with Crippen LogP contribution in [-0.2, 0) is 21.4 Å². The Bertz CT molecular complexity index is 1400. The summed E-state index contributed by atoms with van der Waals surface area (Å²) in [5.41, 5.74) is 3.91. The van der Waals surface area contributed by atoms with Gasteiger partial charge < -0.3 is 0 Å². The lowest BCUT2D eigenvalue weighted by atomic mass is 9.96. The molecule has 10 heteroatoms. The van der Waals surface area contributed by atoms with Crippen molar-refractivity contribution >= 4 is 54.0 Å². The van der Waals surface area contributed by atoms with Crippen molar-refractivity contribution in [2.45, 2.75) is 37.4 Å². The highest BCUT2D eigenvalue weighted by Crippen LogP contribution is 2.35. The molecule has 1 amide bonds. The van der Waals surface area contributed by atoms with E-state index in [1.54, 1.807) is 28.6 Å². The summed E-state index contributed by atoms with van der Waals surface area (Å²) >= 11 is 2.74. The zero-order valence-electron chi connectivity index (χ0n) is 19.5. The minimum Gasteiger partial charge on any atom is -0.282 e. The average Bonchev–Trinajstić information content (AvgIpc) is 3.57. The van der Waals surface area contributed by atoms with Gasteiger partial charge in [0.05, 0.1) is 22.5 Å². The maximum Gasteiger partial charge on any atom is 0.252 e. The first-order chi connectivity index (χ1) is 16.8. The van der Waals surface area contributed by atoms with Gasteiger partial charge in [0, 0.05) is 25.2 Å². The largest absolute Gasteiger partial charge is 0.282 e. The Labute approximate surface area is 213 Å². The topological polar surface area (TPSA) is 83.5 Å². The highest BCUT2D eigenvalue weighted by atomic mass is 32.2. The third-order valence-electron chi connectivity index (χ3n) is 6.37. The number of carbonyl (C=O) groups is 1. The molecule has 1 aliphatic rings.